The number of hydrogen-bond donors (Lipinski definition) is 1. The molecule has 2 rings (SSSR count). The summed E-state index contributed by atoms with van der Waals surface area (Å²) >= 11 is 2.48. The highest BCUT2D eigenvalue weighted by molar-refractivity contribution is 8.00. The van der Waals surface area contributed by atoms with Gasteiger partial charge in [0.25, 0.3) is 5.69 Å². The van der Waals surface area contributed by atoms with Crippen molar-refractivity contribution >= 4 is 35.0 Å². The van der Waals surface area contributed by atoms with Gasteiger partial charge in [0.1, 0.15) is 11.9 Å². The Morgan fingerprint density at radius 1 is 1.53 bits per heavy atom. The third kappa shape index (κ3) is 3.06. The van der Waals surface area contributed by atoms with Crippen molar-refractivity contribution in [3.05, 3.63) is 45.8 Å². The van der Waals surface area contributed by atoms with Crippen molar-refractivity contribution < 1.29 is 14.8 Å². The molecular weight excluding hydrogens is 290 g/mol. The number of hydrogen-bond acceptors (Lipinski definition) is 7. The van der Waals surface area contributed by atoms with Gasteiger partial charge in [-0.25, -0.2) is 9.78 Å². The summed E-state index contributed by atoms with van der Waals surface area (Å²) in [5.41, 5.74) is -0.283. The van der Waals surface area contributed by atoms with Crippen molar-refractivity contribution in [2.45, 2.75) is 10.1 Å². The Balaban J connectivity index is 2.31. The fraction of sp³-hybridized carbons (Fsp3) is 0.100. The smallest absolute Gasteiger partial charge is 0.343 e. The molecule has 0 atom stereocenters. The maximum Gasteiger partial charge on any atom is 0.343 e. The first-order valence-corrected chi connectivity index (χ1v) is 6.74. The zero-order valence-corrected chi connectivity index (χ0v) is 11.0. The summed E-state index contributed by atoms with van der Waals surface area (Å²) in [7, 11) is 0. The van der Waals surface area contributed by atoms with E-state index in [2.05, 4.69) is 9.36 Å². The van der Waals surface area contributed by atoms with Gasteiger partial charge in [-0.15, -0.1) is 0 Å². The molecule has 0 spiro atoms. The van der Waals surface area contributed by atoms with Crippen LogP contribution in [0, 0.1) is 10.1 Å². The Bertz CT molecular complexity index is 615. The highest BCUT2D eigenvalue weighted by Crippen LogP contribution is 2.29. The quantitative estimate of drug-likeness (QED) is 0.513. The first-order chi connectivity index (χ1) is 9.09. The summed E-state index contributed by atoms with van der Waals surface area (Å²) in [4.78, 5) is 25.3. The molecule has 9 heteroatoms. The molecule has 7 nitrogen and oxygen atoms in total. The highest BCUT2D eigenvalue weighted by Gasteiger charge is 2.23. The maximum absolute atomic E-state index is 11.2. The number of nitro benzene ring substituents is 1. The summed E-state index contributed by atoms with van der Waals surface area (Å²) in [5.74, 6) is -1.02. The fourth-order valence-electron chi connectivity index (χ4n) is 1.47. The van der Waals surface area contributed by atoms with E-state index < -0.39 is 16.6 Å². The zero-order valence-electron chi connectivity index (χ0n) is 9.35. The van der Waals surface area contributed by atoms with Gasteiger partial charge in [-0.3, -0.25) is 10.1 Å². The summed E-state index contributed by atoms with van der Waals surface area (Å²) in [6.07, 6.45) is 1.40. The number of nitro groups is 1. The van der Waals surface area contributed by atoms with Gasteiger partial charge in [-0.05, 0) is 17.1 Å². The fourth-order valence-corrected chi connectivity index (χ4v) is 2.91. The highest BCUT2D eigenvalue weighted by atomic mass is 32.2. The summed E-state index contributed by atoms with van der Waals surface area (Å²) in [5, 5.41) is 19.9. The second-order valence-electron chi connectivity index (χ2n) is 3.37. The Morgan fingerprint density at radius 3 is 2.89 bits per heavy atom. The number of carboxylic acid groups (broad SMARTS) is 1. The van der Waals surface area contributed by atoms with E-state index in [4.69, 9.17) is 5.11 Å². The molecule has 19 heavy (non-hydrogen) atoms. The molecule has 0 saturated heterocycles. The number of aromatic nitrogens is 2. The van der Waals surface area contributed by atoms with Crippen molar-refractivity contribution in [2.24, 2.45) is 0 Å². The summed E-state index contributed by atoms with van der Waals surface area (Å²) < 4.78 is 4.51. The molecule has 0 fully saturated rings. The standard InChI is InChI=1S/C10H7N3O4S2/c14-9(15)8-6(2-1-3-7(8)13(16)17)4-18-10-11-5-12-19-10/h1-3,5H,4H2,(H,14,15). The zero-order chi connectivity index (χ0) is 13.8. The minimum absolute atomic E-state index is 0.274. The van der Waals surface area contributed by atoms with Crippen molar-refractivity contribution in [2.75, 3.05) is 0 Å². The van der Waals surface area contributed by atoms with Crippen LogP contribution in [0.1, 0.15) is 15.9 Å². The van der Waals surface area contributed by atoms with Crippen LogP contribution in [0.4, 0.5) is 5.69 Å². The molecule has 1 aromatic carbocycles. The topological polar surface area (TPSA) is 106 Å². The van der Waals surface area contributed by atoms with E-state index in [-0.39, 0.29) is 5.56 Å². The van der Waals surface area contributed by atoms with Gasteiger partial charge in [-0.2, -0.15) is 4.37 Å². The van der Waals surface area contributed by atoms with Crippen LogP contribution < -0.4 is 0 Å². The van der Waals surface area contributed by atoms with Crippen LogP contribution in [0.15, 0.2) is 28.9 Å². The molecule has 0 radical (unpaired) electrons. The van der Waals surface area contributed by atoms with Gasteiger partial charge in [0.15, 0.2) is 4.34 Å². The molecule has 1 N–H and O–H groups in total. The molecule has 1 heterocycles. The van der Waals surface area contributed by atoms with Crippen LogP contribution in [0.3, 0.4) is 0 Å². The van der Waals surface area contributed by atoms with Gasteiger partial charge in [0, 0.05) is 11.8 Å². The third-order valence-electron chi connectivity index (χ3n) is 2.23. The average Bonchev–Trinajstić information content (AvgIpc) is 2.88. The lowest BCUT2D eigenvalue weighted by Gasteiger charge is -2.05. The van der Waals surface area contributed by atoms with E-state index >= 15 is 0 Å². The van der Waals surface area contributed by atoms with Crippen molar-refractivity contribution in [1.29, 1.82) is 0 Å². The van der Waals surface area contributed by atoms with Crippen LogP contribution in [0.2, 0.25) is 0 Å². The van der Waals surface area contributed by atoms with Crippen molar-refractivity contribution in [3.63, 3.8) is 0 Å². The van der Waals surface area contributed by atoms with E-state index in [9.17, 15) is 14.9 Å². The molecule has 0 unspecified atom stereocenters. The minimum atomic E-state index is -1.31. The predicted octanol–water partition coefficient (Wildman–Crippen LogP) is 2.44. The molecule has 0 aliphatic carbocycles. The van der Waals surface area contributed by atoms with Gasteiger partial charge in [0.05, 0.1) is 4.92 Å². The van der Waals surface area contributed by atoms with Crippen LogP contribution >= 0.6 is 23.3 Å². The van der Waals surface area contributed by atoms with Gasteiger partial charge < -0.3 is 5.11 Å². The van der Waals surface area contributed by atoms with Gasteiger partial charge in [-0.1, -0.05) is 23.9 Å². The van der Waals surface area contributed by atoms with Crippen molar-refractivity contribution in [3.8, 4) is 0 Å². The molecule has 0 amide bonds. The number of rotatable bonds is 5. The van der Waals surface area contributed by atoms with E-state index in [0.29, 0.717) is 15.7 Å². The van der Waals surface area contributed by atoms with Crippen LogP contribution in [-0.4, -0.2) is 25.4 Å². The van der Waals surface area contributed by atoms with E-state index in [0.717, 1.165) is 0 Å². The predicted molar refractivity (Wildman–Crippen MR) is 69.5 cm³/mol. The lowest BCUT2D eigenvalue weighted by molar-refractivity contribution is -0.385. The number of nitrogens with zero attached hydrogens (tertiary/aromatic N) is 3. The lowest BCUT2D eigenvalue weighted by Crippen LogP contribution is -2.06. The first kappa shape index (κ1) is 13.4. The molecule has 0 bridgehead atoms. The second-order valence-corrected chi connectivity index (χ2v) is 5.37. The largest absolute Gasteiger partial charge is 0.477 e. The SMILES string of the molecule is O=C(O)c1c(CSc2ncns2)cccc1[N+](=O)[O-]. The van der Waals surface area contributed by atoms with Crippen LogP contribution in [0.25, 0.3) is 0 Å². The van der Waals surface area contributed by atoms with E-state index in [1.807, 2.05) is 0 Å². The first-order valence-electron chi connectivity index (χ1n) is 4.98. The number of thioether (sulfide) groups is 1. The second kappa shape index (κ2) is 5.76. The number of benzene rings is 1. The molecule has 0 aliphatic rings. The molecule has 1 aromatic heterocycles. The Labute approximate surface area is 115 Å². The van der Waals surface area contributed by atoms with Crippen LogP contribution in [0.5, 0.6) is 0 Å². The summed E-state index contributed by atoms with van der Waals surface area (Å²) in [6.45, 7) is 0. The summed E-state index contributed by atoms with van der Waals surface area (Å²) in [6, 6.07) is 4.22. The number of carbonyl (C=O) groups is 1. The molecular formula is C10H7N3O4S2. The minimum Gasteiger partial charge on any atom is -0.477 e. The lowest BCUT2D eigenvalue weighted by atomic mass is 10.1. The van der Waals surface area contributed by atoms with E-state index in [1.54, 1.807) is 6.07 Å². The molecule has 2 aromatic rings. The van der Waals surface area contributed by atoms with Crippen LogP contribution in [-0.2, 0) is 5.75 Å². The number of carboxylic acids is 1. The third-order valence-corrected chi connectivity index (χ3v) is 4.08. The normalized spacial score (nSPS) is 10.3. The average molecular weight is 297 g/mol. The number of aromatic carboxylic acids is 1. The van der Waals surface area contributed by atoms with Gasteiger partial charge in [0.2, 0.25) is 0 Å². The van der Waals surface area contributed by atoms with Gasteiger partial charge >= 0.3 is 5.97 Å². The molecule has 0 aliphatic heterocycles. The van der Waals surface area contributed by atoms with Crippen molar-refractivity contribution in [1.82, 2.24) is 9.36 Å². The molecule has 0 saturated carbocycles. The maximum atomic E-state index is 11.2. The monoisotopic (exact) mass is 297 g/mol. The Morgan fingerprint density at radius 2 is 2.32 bits per heavy atom. The Kier molecular flexibility index (Phi) is 4.07. The molecule has 98 valence electrons. The Hall–Kier alpha value is -2.00. The van der Waals surface area contributed by atoms with E-state index in [1.165, 1.54) is 41.8 Å².